The molecule has 276 valence electrons. The van der Waals surface area contributed by atoms with Crippen LogP contribution < -0.4 is 0 Å². The molecule has 8 rings (SSSR count). The quantitative estimate of drug-likeness (QED) is 0.220. The van der Waals surface area contributed by atoms with Crippen LogP contribution in [0.1, 0.15) is 130 Å². The molecule has 4 bridgehead atoms. The van der Waals surface area contributed by atoms with Crippen molar-refractivity contribution in [1.82, 2.24) is 0 Å². The Balaban J connectivity index is 0.000000152. The Labute approximate surface area is 288 Å². The average Bonchev–Trinajstić information content (AvgIpc) is 3.62. The summed E-state index contributed by atoms with van der Waals surface area (Å²) in [6.07, 6.45) is 14.7. The summed E-state index contributed by atoms with van der Waals surface area (Å²) in [5.41, 5.74) is -1.90. The maximum atomic E-state index is 10.9. The molecular formula is C40H68O8. The van der Waals surface area contributed by atoms with Crippen molar-refractivity contribution in [2.24, 2.45) is 68.0 Å². The summed E-state index contributed by atoms with van der Waals surface area (Å²) in [6.45, 7) is 8.86. The molecule has 8 aliphatic rings. The third-order valence-electron chi connectivity index (χ3n) is 19.1. The van der Waals surface area contributed by atoms with E-state index in [4.69, 9.17) is 0 Å². The van der Waals surface area contributed by atoms with Crippen LogP contribution in [0.15, 0.2) is 0 Å². The predicted octanol–water partition coefficient (Wildman–Crippen LogP) is 4.17. The second-order valence-electron chi connectivity index (χ2n) is 20.0. The van der Waals surface area contributed by atoms with Crippen LogP contribution in [0.5, 0.6) is 0 Å². The van der Waals surface area contributed by atoms with Gasteiger partial charge in [-0.25, -0.2) is 0 Å². The van der Waals surface area contributed by atoms with E-state index in [0.717, 1.165) is 89.9 Å². The van der Waals surface area contributed by atoms with Crippen LogP contribution in [0.3, 0.4) is 0 Å². The van der Waals surface area contributed by atoms with Gasteiger partial charge in [0.05, 0.1) is 49.8 Å². The third-order valence-corrected chi connectivity index (χ3v) is 19.1. The van der Waals surface area contributed by atoms with E-state index >= 15 is 0 Å². The molecule has 0 aromatic rings. The highest BCUT2D eigenvalue weighted by atomic mass is 16.3. The summed E-state index contributed by atoms with van der Waals surface area (Å²) in [4.78, 5) is 0. The molecular weight excluding hydrogens is 608 g/mol. The van der Waals surface area contributed by atoms with E-state index < -0.39 is 34.2 Å². The van der Waals surface area contributed by atoms with E-state index in [1.54, 1.807) is 0 Å². The summed E-state index contributed by atoms with van der Waals surface area (Å²) < 4.78 is 0. The lowest BCUT2D eigenvalue weighted by Crippen LogP contribution is -2.63. The minimum atomic E-state index is -0.886. The van der Waals surface area contributed by atoms with Gasteiger partial charge in [0, 0.05) is 10.8 Å². The molecule has 0 unspecified atom stereocenters. The Hall–Kier alpha value is -0.320. The molecule has 8 N–H and O–H groups in total. The Kier molecular flexibility index (Phi) is 8.70. The molecule has 8 heteroatoms. The monoisotopic (exact) mass is 676 g/mol. The fraction of sp³-hybridized carbons (Fsp3) is 1.00. The van der Waals surface area contributed by atoms with Gasteiger partial charge in [0.15, 0.2) is 0 Å². The molecule has 8 saturated carbocycles. The highest BCUT2D eigenvalue weighted by molar-refractivity contribution is 5.21. The number of aliphatic hydroxyl groups excluding tert-OH is 6. The van der Waals surface area contributed by atoms with Gasteiger partial charge in [-0.2, -0.15) is 0 Å². The van der Waals surface area contributed by atoms with Crippen LogP contribution in [0, 0.1) is 68.0 Å². The first-order valence-corrected chi connectivity index (χ1v) is 19.8. The minimum absolute atomic E-state index is 0.0547. The van der Waals surface area contributed by atoms with Crippen molar-refractivity contribution < 1.29 is 40.9 Å². The van der Waals surface area contributed by atoms with Gasteiger partial charge in [0.2, 0.25) is 0 Å². The Morgan fingerprint density at radius 3 is 1.17 bits per heavy atom. The van der Waals surface area contributed by atoms with E-state index in [-0.39, 0.29) is 59.9 Å². The zero-order valence-electron chi connectivity index (χ0n) is 30.3. The van der Waals surface area contributed by atoms with Crippen LogP contribution >= 0.6 is 0 Å². The standard InChI is InChI=1S/2C20H34O4/c2*1-17(11-21)15-4-3-13-9-14-10-19(13,7-8-20(14,24)12-22)18(15,2)6-5-16(17)23/h2*13-16,21-24H,3-12H2,1-2H3/t2*13-,14+,15-,16+,17-,18-,19-,20-/m00/s1. The second kappa shape index (κ2) is 11.6. The summed E-state index contributed by atoms with van der Waals surface area (Å²) in [6, 6.07) is 0. The van der Waals surface area contributed by atoms with Crippen LogP contribution in [0.4, 0.5) is 0 Å². The molecule has 0 amide bonds. The molecule has 8 nitrogen and oxygen atoms in total. The van der Waals surface area contributed by atoms with Gasteiger partial charge >= 0.3 is 0 Å². The molecule has 0 aromatic heterocycles. The summed E-state index contributed by atoms with van der Waals surface area (Å²) >= 11 is 0. The first-order chi connectivity index (χ1) is 22.5. The first kappa shape index (κ1) is 36.1. The third kappa shape index (κ3) is 4.42. The lowest BCUT2D eigenvalue weighted by Gasteiger charge is -2.66. The topological polar surface area (TPSA) is 162 Å². The molecule has 0 radical (unpaired) electrons. The van der Waals surface area contributed by atoms with E-state index in [1.165, 1.54) is 0 Å². The maximum absolute atomic E-state index is 10.9. The summed E-state index contributed by atoms with van der Waals surface area (Å²) in [5.74, 6) is 2.36. The van der Waals surface area contributed by atoms with Gasteiger partial charge in [0.25, 0.3) is 0 Å². The highest BCUT2D eigenvalue weighted by Crippen LogP contribution is 2.77. The fourth-order valence-corrected chi connectivity index (χ4v) is 15.9. The normalized spacial score (nSPS) is 59.8. The van der Waals surface area contributed by atoms with Gasteiger partial charge < -0.3 is 40.9 Å². The largest absolute Gasteiger partial charge is 0.396 e. The minimum Gasteiger partial charge on any atom is -0.396 e. The van der Waals surface area contributed by atoms with E-state index in [0.29, 0.717) is 36.5 Å². The van der Waals surface area contributed by atoms with Crippen molar-refractivity contribution in [3.8, 4) is 0 Å². The first-order valence-electron chi connectivity index (χ1n) is 19.8. The molecule has 8 fully saturated rings. The zero-order valence-corrected chi connectivity index (χ0v) is 30.3. The van der Waals surface area contributed by atoms with Crippen LogP contribution in [-0.2, 0) is 0 Å². The number of rotatable bonds is 4. The zero-order chi connectivity index (χ0) is 34.8. The molecule has 16 atom stereocenters. The Morgan fingerprint density at radius 1 is 0.458 bits per heavy atom. The van der Waals surface area contributed by atoms with Crippen molar-refractivity contribution in [1.29, 1.82) is 0 Å². The van der Waals surface area contributed by atoms with Crippen molar-refractivity contribution in [2.75, 3.05) is 26.4 Å². The van der Waals surface area contributed by atoms with Gasteiger partial charge in [-0.05, 0) is 160 Å². The SMILES string of the molecule is C[C@@]1(CO)[C@H](O)CC[C@@]2(C)[C@H]1CC[C@H]1C[C@@H]3C[C@@]12CC[C@]3(O)CO.C[C@@]1(CO)[C@H](O)CC[C@@]2(C)[C@H]1CC[C@H]1C[C@@H]3C[C@@]12CC[C@]3(O)CO. The van der Waals surface area contributed by atoms with Crippen LogP contribution in [0.25, 0.3) is 0 Å². The molecule has 2 spiro atoms. The van der Waals surface area contributed by atoms with Crippen molar-refractivity contribution >= 4 is 0 Å². The predicted molar refractivity (Wildman–Crippen MR) is 182 cm³/mol. The molecule has 0 aromatic carbocycles. The molecule has 8 aliphatic carbocycles. The highest BCUT2D eigenvalue weighted by Gasteiger charge is 2.72. The van der Waals surface area contributed by atoms with Gasteiger partial charge in [0.1, 0.15) is 0 Å². The second-order valence-corrected chi connectivity index (χ2v) is 20.0. The van der Waals surface area contributed by atoms with E-state index in [1.807, 2.05) is 0 Å². The van der Waals surface area contributed by atoms with Gasteiger partial charge in [-0.15, -0.1) is 0 Å². The van der Waals surface area contributed by atoms with Crippen molar-refractivity contribution in [2.45, 2.75) is 154 Å². The molecule has 0 aliphatic heterocycles. The van der Waals surface area contributed by atoms with E-state index in [2.05, 4.69) is 27.7 Å². The molecule has 48 heavy (non-hydrogen) atoms. The Bertz CT molecular complexity index is 1140. The van der Waals surface area contributed by atoms with Crippen molar-refractivity contribution in [3.63, 3.8) is 0 Å². The number of aliphatic hydroxyl groups is 8. The van der Waals surface area contributed by atoms with Gasteiger partial charge in [-0.1, -0.05) is 27.7 Å². The molecule has 0 heterocycles. The van der Waals surface area contributed by atoms with Gasteiger partial charge in [-0.3, -0.25) is 0 Å². The van der Waals surface area contributed by atoms with Crippen LogP contribution in [-0.4, -0.2) is 90.7 Å². The lowest BCUT2D eigenvalue weighted by atomic mass is 9.39. The summed E-state index contributed by atoms with van der Waals surface area (Å²) in [5, 5.41) is 82.7. The van der Waals surface area contributed by atoms with Crippen molar-refractivity contribution in [3.05, 3.63) is 0 Å². The molecule has 0 saturated heterocycles. The average molecular weight is 677 g/mol. The van der Waals surface area contributed by atoms with Crippen LogP contribution in [0.2, 0.25) is 0 Å². The van der Waals surface area contributed by atoms with E-state index in [9.17, 15) is 40.9 Å². The smallest absolute Gasteiger partial charge is 0.0905 e. The fourth-order valence-electron chi connectivity index (χ4n) is 15.9. The number of fused-ring (bicyclic) bond motifs is 4. The lowest BCUT2D eigenvalue weighted by molar-refractivity contribution is -0.216. The number of hydrogen-bond donors (Lipinski definition) is 8. The number of hydrogen-bond acceptors (Lipinski definition) is 8. The maximum Gasteiger partial charge on any atom is 0.0905 e. The summed E-state index contributed by atoms with van der Waals surface area (Å²) in [7, 11) is 0. The Morgan fingerprint density at radius 2 is 0.833 bits per heavy atom.